The van der Waals surface area contributed by atoms with Crippen LogP contribution in [-0.2, 0) is 0 Å². The Morgan fingerprint density at radius 1 is 1.47 bits per heavy atom. The Bertz CT molecular complexity index is 436. The van der Waals surface area contributed by atoms with Crippen LogP contribution in [0.3, 0.4) is 0 Å². The fraction of sp³-hybridized carbons (Fsp3) is 0.600. The predicted octanol–water partition coefficient (Wildman–Crippen LogP) is 4.22. The lowest BCUT2D eigenvalue weighted by Crippen LogP contribution is -2.47. The minimum Gasteiger partial charge on any atom is -0.326 e. The standard InChI is InChI=1S/C15H22BrClN2/c1-10(2)9-19-7-3-4-14(18)15(19)11-5-6-12(16)13(17)8-11/h5-6,8,10,14-15H,3-4,7,9,18H2,1-2H3. The van der Waals surface area contributed by atoms with Crippen LogP contribution >= 0.6 is 27.5 Å². The molecule has 2 rings (SSSR count). The maximum Gasteiger partial charge on any atom is 0.0551 e. The topological polar surface area (TPSA) is 29.3 Å². The first-order valence-corrected chi connectivity index (χ1v) is 8.10. The van der Waals surface area contributed by atoms with Crippen molar-refractivity contribution in [3.63, 3.8) is 0 Å². The van der Waals surface area contributed by atoms with Crippen molar-refractivity contribution < 1.29 is 0 Å². The molecule has 1 aliphatic heterocycles. The molecule has 0 bridgehead atoms. The van der Waals surface area contributed by atoms with Crippen LogP contribution in [0.25, 0.3) is 0 Å². The zero-order chi connectivity index (χ0) is 14.0. The third kappa shape index (κ3) is 3.72. The number of benzene rings is 1. The minimum absolute atomic E-state index is 0.199. The predicted molar refractivity (Wildman–Crippen MR) is 85.5 cm³/mol. The molecule has 4 heteroatoms. The van der Waals surface area contributed by atoms with Gasteiger partial charge in [0.2, 0.25) is 0 Å². The SMILES string of the molecule is CC(C)CN1CCCC(N)C1c1ccc(Br)c(Cl)c1. The average molecular weight is 346 g/mol. The molecule has 2 nitrogen and oxygen atoms in total. The van der Waals surface area contributed by atoms with Crippen molar-refractivity contribution in [2.24, 2.45) is 11.7 Å². The molecule has 1 saturated heterocycles. The smallest absolute Gasteiger partial charge is 0.0551 e. The monoisotopic (exact) mass is 344 g/mol. The van der Waals surface area contributed by atoms with Crippen molar-refractivity contribution in [2.75, 3.05) is 13.1 Å². The van der Waals surface area contributed by atoms with Crippen LogP contribution in [0.1, 0.15) is 38.3 Å². The van der Waals surface area contributed by atoms with E-state index in [1.54, 1.807) is 0 Å². The summed E-state index contributed by atoms with van der Waals surface area (Å²) in [6.07, 6.45) is 2.28. The van der Waals surface area contributed by atoms with Gasteiger partial charge in [-0.3, -0.25) is 4.90 Å². The molecule has 0 saturated carbocycles. The van der Waals surface area contributed by atoms with Gasteiger partial charge in [0.05, 0.1) is 5.02 Å². The van der Waals surface area contributed by atoms with Gasteiger partial charge in [-0.2, -0.15) is 0 Å². The molecule has 0 spiro atoms. The summed E-state index contributed by atoms with van der Waals surface area (Å²) in [5.41, 5.74) is 7.61. The van der Waals surface area contributed by atoms with Gasteiger partial charge >= 0.3 is 0 Å². The molecule has 0 aliphatic carbocycles. The molecular weight excluding hydrogens is 324 g/mol. The van der Waals surface area contributed by atoms with Crippen molar-refractivity contribution in [1.82, 2.24) is 4.90 Å². The number of hydrogen-bond donors (Lipinski definition) is 1. The van der Waals surface area contributed by atoms with E-state index in [-0.39, 0.29) is 6.04 Å². The fourth-order valence-corrected chi connectivity index (χ4v) is 3.36. The first-order valence-electron chi connectivity index (χ1n) is 6.93. The van der Waals surface area contributed by atoms with E-state index >= 15 is 0 Å². The largest absolute Gasteiger partial charge is 0.326 e. The second-order valence-corrected chi connectivity index (χ2v) is 7.07. The second kappa shape index (κ2) is 6.57. The van der Waals surface area contributed by atoms with E-state index < -0.39 is 0 Å². The van der Waals surface area contributed by atoms with E-state index in [1.807, 2.05) is 6.07 Å². The third-order valence-corrected chi connectivity index (χ3v) is 4.90. The van der Waals surface area contributed by atoms with Gasteiger partial charge in [0.25, 0.3) is 0 Å². The molecular formula is C15H22BrClN2. The average Bonchev–Trinajstić information content (AvgIpc) is 2.32. The van der Waals surface area contributed by atoms with Gasteiger partial charge in [0, 0.05) is 23.1 Å². The lowest BCUT2D eigenvalue weighted by atomic mass is 9.90. The first-order chi connectivity index (χ1) is 8.99. The van der Waals surface area contributed by atoms with E-state index in [2.05, 4.69) is 46.8 Å². The lowest BCUT2D eigenvalue weighted by Gasteiger charge is -2.41. The Morgan fingerprint density at radius 3 is 2.84 bits per heavy atom. The summed E-state index contributed by atoms with van der Waals surface area (Å²) >= 11 is 9.68. The number of nitrogens with two attached hydrogens (primary N) is 1. The lowest BCUT2D eigenvalue weighted by molar-refractivity contribution is 0.114. The van der Waals surface area contributed by atoms with Gasteiger partial charge in [-0.25, -0.2) is 0 Å². The zero-order valence-electron chi connectivity index (χ0n) is 11.6. The third-order valence-electron chi connectivity index (χ3n) is 3.67. The van der Waals surface area contributed by atoms with Crippen molar-refractivity contribution in [1.29, 1.82) is 0 Å². The number of hydrogen-bond acceptors (Lipinski definition) is 2. The van der Waals surface area contributed by atoms with Crippen LogP contribution < -0.4 is 5.73 Å². The number of likely N-dealkylation sites (tertiary alicyclic amines) is 1. The highest BCUT2D eigenvalue weighted by molar-refractivity contribution is 9.10. The van der Waals surface area contributed by atoms with Crippen molar-refractivity contribution in [2.45, 2.75) is 38.8 Å². The number of halogens is 2. The van der Waals surface area contributed by atoms with E-state index in [0.29, 0.717) is 12.0 Å². The molecule has 2 unspecified atom stereocenters. The summed E-state index contributed by atoms with van der Waals surface area (Å²) in [5.74, 6) is 0.652. The molecule has 2 N–H and O–H groups in total. The van der Waals surface area contributed by atoms with Crippen LogP contribution in [-0.4, -0.2) is 24.0 Å². The van der Waals surface area contributed by atoms with Crippen LogP contribution in [0, 0.1) is 5.92 Å². The maximum atomic E-state index is 6.37. The highest BCUT2D eigenvalue weighted by Crippen LogP contribution is 2.34. The zero-order valence-corrected chi connectivity index (χ0v) is 13.9. The van der Waals surface area contributed by atoms with E-state index in [9.17, 15) is 0 Å². The Hall–Kier alpha value is -0.0900. The fourth-order valence-electron chi connectivity index (χ4n) is 2.93. The highest BCUT2D eigenvalue weighted by atomic mass is 79.9. The van der Waals surface area contributed by atoms with Crippen LogP contribution in [0.4, 0.5) is 0 Å². The van der Waals surface area contributed by atoms with Crippen LogP contribution in [0.15, 0.2) is 22.7 Å². The molecule has 0 amide bonds. The molecule has 1 aromatic rings. The van der Waals surface area contributed by atoms with Gasteiger partial charge in [0.1, 0.15) is 0 Å². The maximum absolute atomic E-state index is 6.37. The normalized spacial score (nSPS) is 24.9. The highest BCUT2D eigenvalue weighted by Gasteiger charge is 2.30. The molecule has 2 atom stereocenters. The molecule has 106 valence electrons. The quantitative estimate of drug-likeness (QED) is 0.888. The van der Waals surface area contributed by atoms with Gasteiger partial charge < -0.3 is 5.73 Å². The molecule has 1 aromatic carbocycles. The summed E-state index contributed by atoms with van der Waals surface area (Å²) in [6.45, 7) is 6.73. The number of rotatable bonds is 3. The minimum atomic E-state index is 0.199. The second-order valence-electron chi connectivity index (χ2n) is 5.81. The molecule has 0 aromatic heterocycles. The summed E-state index contributed by atoms with van der Waals surface area (Å²) < 4.78 is 0.942. The van der Waals surface area contributed by atoms with E-state index in [4.69, 9.17) is 17.3 Å². The van der Waals surface area contributed by atoms with Gasteiger partial charge in [-0.15, -0.1) is 0 Å². The molecule has 19 heavy (non-hydrogen) atoms. The molecule has 1 fully saturated rings. The Labute approximate surface area is 129 Å². The summed E-state index contributed by atoms with van der Waals surface area (Å²) in [6, 6.07) is 6.70. The van der Waals surface area contributed by atoms with Crippen molar-refractivity contribution >= 4 is 27.5 Å². The summed E-state index contributed by atoms with van der Waals surface area (Å²) in [7, 11) is 0. The Kier molecular flexibility index (Phi) is 5.29. The Morgan fingerprint density at radius 2 is 2.21 bits per heavy atom. The summed E-state index contributed by atoms with van der Waals surface area (Å²) in [5, 5.41) is 0.764. The van der Waals surface area contributed by atoms with Gasteiger partial charge in [-0.1, -0.05) is 31.5 Å². The van der Waals surface area contributed by atoms with Gasteiger partial charge in [-0.05, 0) is 58.9 Å². The Balaban J connectivity index is 2.27. The number of nitrogens with zero attached hydrogens (tertiary/aromatic N) is 1. The number of piperidine rings is 1. The van der Waals surface area contributed by atoms with Crippen LogP contribution in [0.5, 0.6) is 0 Å². The van der Waals surface area contributed by atoms with E-state index in [1.165, 1.54) is 12.0 Å². The molecule has 1 aliphatic rings. The van der Waals surface area contributed by atoms with E-state index in [0.717, 1.165) is 29.0 Å². The molecule has 0 radical (unpaired) electrons. The molecule has 1 heterocycles. The van der Waals surface area contributed by atoms with Gasteiger partial charge in [0.15, 0.2) is 0 Å². The first kappa shape index (κ1) is 15.3. The van der Waals surface area contributed by atoms with Crippen molar-refractivity contribution in [3.8, 4) is 0 Å². The van der Waals surface area contributed by atoms with Crippen molar-refractivity contribution in [3.05, 3.63) is 33.3 Å². The summed E-state index contributed by atoms with van der Waals surface area (Å²) in [4.78, 5) is 2.51. The van der Waals surface area contributed by atoms with Crippen LogP contribution in [0.2, 0.25) is 5.02 Å².